The molecule has 0 unspecified atom stereocenters. The van der Waals surface area contributed by atoms with Gasteiger partial charge < -0.3 is 14.0 Å². The van der Waals surface area contributed by atoms with Crippen molar-refractivity contribution >= 4 is 27.6 Å². The van der Waals surface area contributed by atoms with Gasteiger partial charge in [-0.3, -0.25) is 4.79 Å². The van der Waals surface area contributed by atoms with Gasteiger partial charge in [-0.15, -0.1) is 0 Å². The van der Waals surface area contributed by atoms with Crippen LogP contribution in [-0.4, -0.2) is 39.3 Å². The summed E-state index contributed by atoms with van der Waals surface area (Å²) in [7, 11) is -3.79. The second-order valence-electron chi connectivity index (χ2n) is 5.32. The Hall–Kier alpha value is -2.10. The topological polar surface area (TPSA) is 108 Å². The van der Waals surface area contributed by atoms with Gasteiger partial charge >= 0.3 is 5.97 Å². The van der Waals surface area contributed by atoms with Crippen LogP contribution >= 0.6 is 11.6 Å². The Morgan fingerprint density at radius 2 is 1.92 bits per heavy atom. The van der Waals surface area contributed by atoms with Crippen LogP contribution in [-0.2, 0) is 19.6 Å². The number of aryl methyl sites for hydroxylation is 2. The van der Waals surface area contributed by atoms with E-state index in [1.807, 2.05) is 0 Å². The molecule has 8 nitrogen and oxygen atoms in total. The summed E-state index contributed by atoms with van der Waals surface area (Å²) in [4.78, 5) is 11.6. The highest BCUT2D eigenvalue weighted by molar-refractivity contribution is 7.89. The van der Waals surface area contributed by atoms with E-state index >= 15 is 0 Å². The molecule has 0 aliphatic carbocycles. The largest absolute Gasteiger partial charge is 0.490 e. The van der Waals surface area contributed by atoms with E-state index in [4.69, 9.17) is 25.6 Å². The molecule has 1 aromatic heterocycles. The maximum Gasteiger partial charge on any atom is 0.307 e. The number of benzene rings is 1. The van der Waals surface area contributed by atoms with Gasteiger partial charge in [-0.05, 0) is 38.1 Å². The monoisotopic (exact) mass is 402 g/mol. The highest BCUT2D eigenvalue weighted by atomic mass is 35.5. The third kappa shape index (κ3) is 5.72. The summed E-state index contributed by atoms with van der Waals surface area (Å²) in [6.45, 7) is 3.17. The minimum absolute atomic E-state index is 0.0118. The van der Waals surface area contributed by atoms with Crippen molar-refractivity contribution in [2.24, 2.45) is 0 Å². The Kier molecular flexibility index (Phi) is 7.01. The van der Waals surface area contributed by atoms with Crippen molar-refractivity contribution < 1.29 is 27.2 Å². The molecule has 0 fully saturated rings. The minimum Gasteiger partial charge on any atom is -0.490 e. The minimum atomic E-state index is -3.79. The molecule has 2 rings (SSSR count). The van der Waals surface area contributed by atoms with E-state index < -0.39 is 16.0 Å². The van der Waals surface area contributed by atoms with E-state index in [1.54, 1.807) is 24.3 Å². The Labute approximate surface area is 156 Å². The SMILES string of the molecule is Cc1noc(C)c1S(=O)(=O)NCCC(=O)OCCOc1ccc(Cl)cc1. The van der Waals surface area contributed by atoms with E-state index in [9.17, 15) is 13.2 Å². The molecule has 0 spiro atoms. The summed E-state index contributed by atoms with van der Waals surface area (Å²) in [5, 5.41) is 4.20. The Morgan fingerprint density at radius 1 is 1.23 bits per heavy atom. The molecule has 1 N–H and O–H groups in total. The Morgan fingerprint density at radius 3 is 2.54 bits per heavy atom. The third-order valence-electron chi connectivity index (χ3n) is 3.29. The van der Waals surface area contributed by atoms with Crippen molar-refractivity contribution in [3.63, 3.8) is 0 Å². The predicted octanol–water partition coefficient (Wildman–Crippen LogP) is 2.24. The van der Waals surface area contributed by atoms with Gasteiger partial charge in [-0.25, -0.2) is 13.1 Å². The smallest absolute Gasteiger partial charge is 0.307 e. The van der Waals surface area contributed by atoms with Gasteiger partial charge in [0.1, 0.15) is 29.6 Å². The first kappa shape index (κ1) is 20.2. The zero-order valence-electron chi connectivity index (χ0n) is 14.3. The van der Waals surface area contributed by atoms with Gasteiger partial charge in [0.25, 0.3) is 0 Å². The Balaban J connectivity index is 1.68. The van der Waals surface area contributed by atoms with Crippen molar-refractivity contribution in [3.05, 3.63) is 40.7 Å². The number of hydrogen-bond donors (Lipinski definition) is 1. The van der Waals surface area contributed by atoms with Crippen LogP contribution in [0.3, 0.4) is 0 Å². The van der Waals surface area contributed by atoms with Crippen LogP contribution in [0.4, 0.5) is 0 Å². The van der Waals surface area contributed by atoms with Crippen LogP contribution in [0.15, 0.2) is 33.7 Å². The van der Waals surface area contributed by atoms with Crippen LogP contribution in [0, 0.1) is 13.8 Å². The van der Waals surface area contributed by atoms with E-state index in [2.05, 4.69) is 9.88 Å². The van der Waals surface area contributed by atoms with E-state index in [0.717, 1.165) is 0 Å². The number of carbonyl (C=O) groups excluding carboxylic acids is 1. The number of nitrogens with zero attached hydrogens (tertiary/aromatic N) is 1. The fraction of sp³-hybridized carbons (Fsp3) is 0.375. The normalized spacial score (nSPS) is 11.3. The van der Waals surface area contributed by atoms with Gasteiger partial charge in [0.05, 0.1) is 6.42 Å². The van der Waals surface area contributed by atoms with Crippen LogP contribution in [0.5, 0.6) is 5.75 Å². The molecule has 10 heteroatoms. The lowest BCUT2D eigenvalue weighted by atomic mass is 10.3. The summed E-state index contributed by atoms with van der Waals surface area (Å²) in [5.41, 5.74) is 0.261. The zero-order chi connectivity index (χ0) is 19.2. The lowest BCUT2D eigenvalue weighted by molar-refractivity contribution is -0.144. The molecule has 0 aliphatic rings. The molecule has 0 atom stereocenters. The molecule has 0 amide bonds. The van der Waals surface area contributed by atoms with Gasteiger partial charge in [-0.1, -0.05) is 16.8 Å². The summed E-state index contributed by atoms with van der Waals surface area (Å²) in [6.07, 6.45) is -0.108. The molecule has 0 saturated heterocycles. The maximum absolute atomic E-state index is 12.2. The van der Waals surface area contributed by atoms with E-state index in [-0.39, 0.29) is 42.5 Å². The molecule has 1 heterocycles. The lowest BCUT2D eigenvalue weighted by Crippen LogP contribution is -2.27. The number of nitrogens with one attached hydrogen (secondary N) is 1. The Bertz CT molecular complexity index is 829. The average Bonchev–Trinajstić information content (AvgIpc) is 2.92. The first-order valence-corrected chi connectivity index (χ1v) is 9.62. The molecular formula is C16H19ClN2O6S. The first-order chi connectivity index (χ1) is 12.3. The number of aromatic nitrogens is 1. The first-order valence-electron chi connectivity index (χ1n) is 7.76. The second-order valence-corrected chi connectivity index (χ2v) is 7.46. The molecule has 0 radical (unpaired) electrons. The summed E-state index contributed by atoms with van der Waals surface area (Å²) >= 11 is 5.76. The van der Waals surface area contributed by atoms with Crippen LogP contribution in [0.2, 0.25) is 5.02 Å². The molecule has 2 aromatic rings. The van der Waals surface area contributed by atoms with Crippen molar-refractivity contribution in [2.45, 2.75) is 25.2 Å². The molecule has 0 saturated carbocycles. The van der Waals surface area contributed by atoms with E-state index in [0.29, 0.717) is 10.8 Å². The molecule has 0 aliphatic heterocycles. The van der Waals surface area contributed by atoms with Crippen molar-refractivity contribution in [2.75, 3.05) is 19.8 Å². The lowest BCUT2D eigenvalue weighted by Gasteiger charge is -2.08. The summed E-state index contributed by atoms with van der Waals surface area (Å²) in [6, 6.07) is 6.78. The molecule has 26 heavy (non-hydrogen) atoms. The number of sulfonamides is 1. The third-order valence-corrected chi connectivity index (χ3v) is 5.24. The predicted molar refractivity (Wildman–Crippen MR) is 93.7 cm³/mol. The van der Waals surface area contributed by atoms with Crippen molar-refractivity contribution in [3.8, 4) is 5.75 Å². The van der Waals surface area contributed by atoms with E-state index in [1.165, 1.54) is 13.8 Å². The van der Waals surface area contributed by atoms with Crippen molar-refractivity contribution in [1.29, 1.82) is 0 Å². The van der Waals surface area contributed by atoms with Crippen LogP contribution in [0.25, 0.3) is 0 Å². The van der Waals surface area contributed by atoms with Gasteiger partial charge in [0, 0.05) is 11.6 Å². The fourth-order valence-electron chi connectivity index (χ4n) is 2.14. The highest BCUT2D eigenvalue weighted by Gasteiger charge is 2.23. The van der Waals surface area contributed by atoms with Gasteiger partial charge in [0.2, 0.25) is 10.0 Å². The molecule has 142 valence electrons. The van der Waals surface area contributed by atoms with Gasteiger partial charge in [-0.2, -0.15) is 0 Å². The quantitative estimate of drug-likeness (QED) is 0.506. The highest BCUT2D eigenvalue weighted by Crippen LogP contribution is 2.18. The molecule has 1 aromatic carbocycles. The number of ether oxygens (including phenoxy) is 2. The van der Waals surface area contributed by atoms with Crippen LogP contribution < -0.4 is 9.46 Å². The number of carbonyl (C=O) groups is 1. The molecule has 0 bridgehead atoms. The number of esters is 1. The number of rotatable bonds is 9. The summed E-state index contributed by atoms with van der Waals surface area (Å²) < 4.78 is 41.9. The second kappa shape index (κ2) is 9.02. The standard InChI is InChI=1S/C16H19ClN2O6S/c1-11-16(12(2)25-19-11)26(21,22)18-8-7-15(20)24-10-9-23-14-5-3-13(17)4-6-14/h3-6,18H,7-10H2,1-2H3. The average molecular weight is 403 g/mol. The molecular weight excluding hydrogens is 384 g/mol. The maximum atomic E-state index is 12.2. The van der Waals surface area contributed by atoms with Crippen molar-refractivity contribution in [1.82, 2.24) is 9.88 Å². The van der Waals surface area contributed by atoms with Gasteiger partial charge in [0.15, 0.2) is 5.76 Å². The van der Waals surface area contributed by atoms with Crippen LogP contribution in [0.1, 0.15) is 17.9 Å². The fourth-order valence-corrected chi connectivity index (χ4v) is 3.62. The summed E-state index contributed by atoms with van der Waals surface area (Å²) in [5.74, 6) is 0.265. The zero-order valence-corrected chi connectivity index (χ0v) is 15.9. The number of hydrogen-bond acceptors (Lipinski definition) is 7. The number of halogens is 1.